The van der Waals surface area contributed by atoms with Gasteiger partial charge in [0.05, 0.1) is 6.54 Å². The molecular formula is C23H32N4O2. The molecule has 1 atom stereocenters. The molecule has 1 unspecified atom stereocenters. The molecule has 0 heterocycles. The van der Waals surface area contributed by atoms with Crippen molar-refractivity contribution in [1.82, 2.24) is 15.5 Å². The molecule has 1 amide bonds. The highest BCUT2D eigenvalue weighted by atomic mass is 16.5. The van der Waals surface area contributed by atoms with Gasteiger partial charge in [0.2, 0.25) is 0 Å². The normalized spacial score (nSPS) is 12.2. The highest BCUT2D eigenvalue weighted by molar-refractivity contribution is 5.94. The maximum absolute atomic E-state index is 12.1. The number of carbonyl (C=O) groups is 1. The average molecular weight is 397 g/mol. The van der Waals surface area contributed by atoms with Gasteiger partial charge in [-0.3, -0.25) is 9.79 Å². The average Bonchev–Trinajstić information content (AvgIpc) is 2.71. The van der Waals surface area contributed by atoms with Crippen LogP contribution < -0.4 is 15.4 Å². The monoisotopic (exact) mass is 396 g/mol. The van der Waals surface area contributed by atoms with E-state index in [1.807, 2.05) is 55.5 Å². The molecule has 156 valence electrons. The lowest BCUT2D eigenvalue weighted by molar-refractivity contribution is 0.0827. The summed E-state index contributed by atoms with van der Waals surface area (Å²) in [6.45, 7) is 5.43. The number of aryl methyl sites for hydroxylation is 1. The second-order valence-electron chi connectivity index (χ2n) is 7.27. The van der Waals surface area contributed by atoms with Gasteiger partial charge in [-0.2, -0.15) is 0 Å². The number of carbonyl (C=O) groups excluding carboxylic acids is 1. The van der Waals surface area contributed by atoms with Crippen LogP contribution in [0, 0.1) is 6.92 Å². The Balaban J connectivity index is 1.77. The number of guanidine groups is 1. The van der Waals surface area contributed by atoms with Crippen LogP contribution in [0.1, 0.15) is 28.4 Å². The minimum absolute atomic E-state index is 0.00461. The third-order valence-corrected chi connectivity index (χ3v) is 4.43. The number of amides is 1. The summed E-state index contributed by atoms with van der Waals surface area (Å²) in [6.07, 6.45) is 0.801. The first-order valence-corrected chi connectivity index (χ1v) is 9.87. The fourth-order valence-corrected chi connectivity index (χ4v) is 2.80. The van der Waals surface area contributed by atoms with Crippen molar-refractivity contribution in [2.24, 2.45) is 4.99 Å². The Morgan fingerprint density at radius 1 is 1.14 bits per heavy atom. The number of rotatable bonds is 8. The molecule has 6 nitrogen and oxygen atoms in total. The largest absolute Gasteiger partial charge is 0.489 e. The molecule has 0 aliphatic carbocycles. The van der Waals surface area contributed by atoms with Gasteiger partial charge in [-0.1, -0.05) is 29.8 Å². The van der Waals surface area contributed by atoms with E-state index in [1.54, 1.807) is 26.0 Å². The van der Waals surface area contributed by atoms with E-state index in [1.165, 1.54) is 5.56 Å². The molecule has 0 radical (unpaired) electrons. The lowest BCUT2D eigenvalue weighted by Crippen LogP contribution is -2.42. The summed E-state index contributed by atoms with van der Waals surface area (Å²) in [5.41, 5.74) is 3.03. The van der Waals surface area contributed by atoms with Crippen molar-refractivity contribution >= 4 is 11.9 Å². The molecular weight excluding hydrogens is 364 g/mol. The minimum Gasteiger partial charge on any atom is -0.489 e. The standard InChI is InChI=1S/C23H32N4O2/c1-17-9-11-21(12-10-17)29-18(2)16-26-23(24-3)25-14-13-19-7-6-8-20(15-19)22(28)27(4)5/h6-12,15,18H,13-14,16H2,1-5H3,(H2,24,25,26). The van der Waals surface area contributed by atoms with Crippen LogP contribution in [0.2, 0.25) is 0 Å². The van der Waals surface area contributed by atoms with Crippen LogP contribution in [0.4, 0.5) is 0 Å². The molecule has 0 saturated carbocycles. The van der Waals surface area contributed by atoms with Gasteiger partial charge in [0.25, 0.3) is 5.91 Å². The molecule has 2 N–H and O–H groups in total. The molecule has 29 heavy (non-hydrogen) atoms. The van der Waals surface area contributed by atoms with E-state index in [0.717, 1.165) is 23.7 Å². The highest BCUT2D eigenvalue weighted by Gasteiger charge is 2.09. The van der Waals surface area contributed by atoms with Gasteiger partial charge in [-0.05, 0) is 50.1 Å². The number of hydrogen-bond donors (Lipinski definition) is 2. The number of nitrogens with one attached hydrogen (secondary N) is 2. The number of aliphatic imine (C=N–C) groups is 1. The first-order valence-electron chi connectivity index (χ1n) is 9.87. The molecule has 0 bridgehead atoms. The summed E-state index contributed by atoms with van der Waals surface area (Å²) < 4.78 is 5.91. The molecule has 0 saturated heterocycles. The Hall–Kier alpha value is -3.02. The van der Waals surface area contributed by atoms with Gasteiger partial charge in [0.1, 0.15) is 11.9 Å². The van der Waals surface area contributed by atoms with E-state index in [2.05, 4.69) is 22.5 Å². The smallest absolute Gasteiger partial charge is 0.253 e. The van der Waals surface area contributed by atoms with Crippen LogP contribution in [-0.4, -0.2) is 57.1 Å². The van der Waals surface area contributed by atoms with Gasteiger partial charge in [0.15, 0.2) is 5.96 Å². The first kappa shape index (κ1) is 22.3. The lowest BCUT2D eigenvalue weighted by Gasteiger charge is -2.18. The van der Waals surface area contributed by atoms with Crippen molar-refractivity contribution in [3.63, 3.8) is 0 Å². The number of hydrogen-bond acceptors (Lipinski definition) is 3. The summed E-state index contributed by atoms with van der Waals surface area (Å²) in [5.74, 6) is 1.60. The quantitative estimate of drug-likeness (QED) is 0.532. The summed E-state index contributed by atoms with van der Waals surface area (Å²) in [4.78, 5) is 17.9. The van der Waals surface area contributed by atoms with E-state index in [-0.39, 0.29) is 12.0 Å². The van der Waals surface area contributed by atoms with E-state index < -0.39 is 0 Å². The topological polar surface area (TPSA) is 66.0 Å². The lowest BCUT2D eigenvalue weighted by atomic mass is 10.1. The third kappa shape index (κ3) is 7.49. The molecule has 6 heteroatoms. The summed E-state index contributed by atoms with van der Waals surface area (Å²) >= 11 is 0. The predicted octanol–water partition coefficient (Wildman–Crippen LogP) is 2.87. The molecule has 0 fully saturated rings. The van der Waals surface area contributed by atoms with Crippen LogP contribution in [0.25, 0.3) is 0 Å². The molecule has 2 aromatic carbocycles. The molecule has 2 rings (SSSR count). The third-order valence-electron chi connectivity index (χ3n) is 4.43. The second-order valence-corrected chi connectivity index (χ2v) is 7.27. The van der Waals surface area contributed by atoms with Gasteiger partial charge in [-0.25, -0.2) is 0 Å². The number of ether oxygens (including phenoxy) is 1. The van der Waals surface area contributed by atoms with Crippen molar-refractivity contribution in [2.45, 2.75) is 26.4 Å². The van der Waals surface area contributed by atoms with Crippen molar-refractivity contribution in [2.75, 3.05) is 34.2 Å². The Labute approximate surface area is 174 Å². The van der Waals surface area contributed by atoms with Crippen molar-refractivity contribution in [3.8, 4) is 5.75 Å². The highest BCUT2D eigenvalue weighted by Crippen LogP contribution is 2.13. The summed E-state index contributed by atoms with van der Waals surface area (Å²) in [7, 11) is 5.27. The van der Waals surface area contributed by atoms with E-state index >= 15 is 0 Å². The molecule has 0 aliphatic rings. The SMILES string of the molecule is CN=C(NCCc1cccc(C(=O)N(C)C)c1)NCC(C)Oc1ccc(C)cc1. The van der Waals surface area contributed by atoms with Gasteiger partial charge < -0.3 is 20.3 Å². The first-order chi connectivity index (χ1) is 13.9. The molecule has 0 aromatic heterocycles. The van der Waals surface area contributed by atoms with Crippen molar-refractivity contribution in [3.05, 3.63) is 65.2 Å². The zero-order valence-corrected chi connectivity index (χ0v) is 18.0. The van der Waals surface area contributed by atoms with Gasteiger partial charge in [0, 0.05) is 33.3 Å². The van der Waals surface area contributed by atoms with Crippen LogP contribution in [-0.2, 0) is 6.42 Å². The summed E-state index contributed by atoms with van der Waals surface area (Å²) in [5, 5.41) is 6.59. The molecule has 0 spiro atoms. The van der Waals surface area contributed by atoms with Crippen molar-refractivity contribution < 1.29 is 9.53 Å². The number of nitrogens with zero attached hydrogens (tertiary/aromatic N) is 2. The maximum Gasteiger partial charge on any atom is 0.253 e. The van der Waals surface area contributed by atoms with E-state index in [4.69, 9.17) is 4.74 Å². The fraction of sp³-hybridized carbons (Fsp3) is 0.391. The number of benzene rings is 2. The Morgan fingerprint density at radius 2 is 1.86 bits per heavy atom. The molecule has 2 aromatic rings. The zero-order chi connectivity index (χ0) is 21.2. The van der Waals surface area contributed by atoms with Crippen molar-refractivity contribution in [1.29, 1.82) is 0 Å². The Morgan fingerprint density at radius 3 is 2.52 bits per heavy atom. The van der Waals surface area contributed by atoms with E-state index in [0.29, 0.717) is 18.7 Å². The van der Waals surface area contributed by atoms with Crippen LogP contribution in [0.5, 0.6) is 5.75 Å². The predicted molar refractivity (Wildman–Crippen MR) is 119 cm³/mol. The van der Waals surface area contributed by atoms with Crippen LogP contribution >= 0.6 is 0 Å². The van der Waals surface area contributed by atoms with Gasteiger partial charge in [-0.15, -0.1) is 0 Å². The zero-order valence-electron chi connectivity index (χ0n) is 18.0. The fourth-order valence-electron chi connectivity index (χ4n) is 2.80. The summed E-state index contributed by atoms with van der Waals surface area (Å²) in [6, 6.07) is 15.8. The maximum atomic E-state index is 12.1. The molecule has 0 aliphatic heterocycles. The van der Waals surface area contributed by atoms with Crippen LogP contribution in [0.3, 0.4) is 0 Å². The van der Waals surface area contributed by atoms with Crippen LogP contribution in [0.15, 0.2) is 53.5 Å². The Bertz CT molecular complexity index is 816. The van der Waals surface area contributed by atoms with E-state index in [9.17, 15) is 4.79 Å². The van der Waals surface area contributed by atoms with Gasteiger partial charge >= 0.3 is 0 Å². The second kappa shape index (κ2) is 11.1. The minimum atomic E-state index is 0.00461. The Kier molecular flexibility index (Phi) is 8.52.